The van der Waals surface area contributed by atoms with Gasteiger partial charge in [-0.05, 0) is 24.6 Å². The van der Waals surface area contributed by atoms with E-state index >= 15 is 0 Å². The number of rotatable bonds is 4. The summed E-state index contributed by atoms with van der Waals surface area (Å²) in [7, 11) is 1.70. The first-order valence-corrected chi connectivity index (χ1v) is 9.24. The second kappa shape index (κ2) is 6.80. The standard InChI is InChI=1S/C16H17N3O2S2/c1-10-4-3-5-11(8-10)17-13(20)9-23-16-18-12-6-7-22-14(12)15(21)19(16)2/h3-5,8H,6-7,9H2,1-2H3,(H,17,20). The van der Waals surface area contributed by atoms with Crippen LogP contribution in [0.1, 0.15) is 11.3 Å². The van der Waals surface area contributed by atoms with Crippen molar-refractivity contribution in [2.24, 2.45) is 7.05 Å². The van der Waals surface area contributed by atoms with Crippen molar-refractivity contribution < 1.29 is 4.79 Å². The summed E-state index contributed by atoms with van der Waals surface area (Å²) in [6, 6.07) is 7.66. The summed E-state index contributed by atoms with van der Waals surface area (Å²) < 4.78 is 1.53. The van der Waals surface area contributed by atoms with Gasteiger partial charge in [-0.2, -0.15) is 0 Å². The van der Waals surface area contributed by atoms with Crippen LogP contribution in [0.3, 0.4) is 0 Å². The molecule has 120 valence electrons. The average molecular weight is 347 g/mol. The van der Waals surface area contributed by atoms with E-state index in [0.717, 1.165) is 34.0 Å². The number of benzene rings is 1. The Labute approximate surface area is 142 Å². The van der Waals surface area contributed by atoms with Crippen molar-refractivity contribution >= 4 is 35.1 Å². The monoisotopic (exact) mass is 347 g/mol. The number of nitrogens with zero attached hydrogens (tertiary/aromatic N) is 2. The Bertz CT molecular complexity index is 817. The van der Waals surface area contributed by atoms with Crippen LogP contribution in [0, 0.1) is 6.92 Å². The van der Waals surface area contributed by atoms with Crippen molar-refractivity contribution in [3.63, 3.8) is 0 Å². The topological polar surface area (TPSA) is 64.0 Å². The van der Waals surface area contributed by atoms with E-state index in [4.69, 9.17) is 0 Å². The van der Waals surface area contributed by atoms with Gasteiger partial charge in [-0.1, -0.05) is 23.9 Å². The highest BCUT2D eigenvalue weighted by atomic mass is 32.2. The summed E-state index contributed by atoms with van der Waals surface area (Å²) in [6.07, 6.45) is 0.819. The Hall–Kier alpha value is -1.73. The number of hydrogen-bond acceptors (Lipinski definition) is 5. The number of aryl methyl sites for hydroxylation is 2. The molecule has 0 bridgehead atoms. The summed E-state index contributed by atoms with van der Waals surface area (Å²) >= 11 is 2.85. The minimum Gasteiger partial charge on any atom is -0.325 e. The van der Waals surface area contributed by atoms with E-state index in [1.54, 1.807) is 18.8 Å². The molecule has 1 aliphatic rings. The smallest absolute Gasteiger partial charge is 0.267 e. The Morgan fingerprint density at radius 2 is 2.30 bits per heavy atom. The highest BCUT2D eigenvalue weighted by molar-refractivity contribution is 8.00. The van der Waals surface area contributed by atoms with Crippen molar-refractivity contribution in [2.45, 2.75) is 23.4 Å². The Morgan fingerprint density at radius 1 is 1.48 bits per heavy atom. The molecule has 0 saturated heterocycles. The zero-order chi connectivity index (χ0) is 16.4. The van der Waals surface area contributed by atoms with Gasteiger partial charge in [0.2, 0.25) is 5.91 Å². The molecule has 2 heterocycles. The fourth-order valence-corrected chi connectivity index (χ4v) is 4.21. The lowest BCUT2D eigenvalue weighted by molar-refractivity contribution is -0.113. The van der Waals surface area contributed by atoms with Crippen LogP contribution in [0.25, 0.3) is 0 Å². The van der Waals surface area contributed by atoms with Gasteiger partial charge in [0.25, 0.3) is 5.56 Å². The highest BCUT2D eigenvalue weighted by Gasteiger charge is 2.20. The van der Waals surface area contributed by atoms with E-state index in [-0.39, 0.29) is 17.2 Å². The molecule has 1 aliphatic heterocycles. The zero-order valence-electron chi connectivity index (χ0n) is 13.0. The van der Waals surface area contributed by atoms with Crippen LogP contribution in [0.2, 0.25) is 0 Å². The minimum atomic E-state index is -0.107. The molecule has 23 heavy (non-hydrogen) atoms. The first-order valence-electron chi connectivity index (χ1n) is 7.26. The molecule has 1 N–H and O–H groups in total. The maximum Gasteiger partial charge on any atom is 0.267 e. The van der Waals surface area contributed by atoms with Gasteiger partial charge in [0.05, 0.1) is 16.3 Å². The van der Waals surface area contributed by atoms with Gasteiger partial charge >= 0.3 is 0 Å². The van der Waals surface area contributed by atoms with Crippen LogP contribution in [-0.4, -0.2) is 27.0 Å². The van der Waals surface area contributed by atoms with Crippen molar-refractivity contribution in [1.82, 2.24) is 9.55 Å². The summed E-state index contributed by atoms with van der Waals surface area (Å²) in [5.74, 6) is 1.02. The van der Waals surface area contributed by atoms with E-state index in [1.165, 1.54) is 16.3 Å². The van der Waals surface area contributed by atoms with E-state index in [9.17, 15) is 9.59 Å². The molecule has 0 unspecified atom stereocenters. The minimum absolute atomic E-state index is 0.0147. The molecule has 0 spiro atoms. The molecule has 1 aromatic heterocycles. The van der Waals surface area contributed by atoms with Gasteiger partial charge in [0, 0.05) is 24.9 Å². The van der Waals surface area contributed by atoms with Gasteiger partial charge in [0.15, 0.2) is 5.16 Å². The van der Waals surface area contributed by atoms with Crippen molar-refractivity contribution in [1.29, 1.82) is 0 Å². The molecule has 0 atom stereocenters. The average Bonchev–Trinajstić information content (AvgIpc) is 2.98. The highest BCUT2D eigenvalue weighted by Crippen LogP contribution is 2.28. The van der Waals surface area contributed by atoms with Gasteiger partial charge < -0.3 is 5.32 Å². The molecule has 7 heteroatoms. The number of thioether (sulfide) groups is 2. The van der Waals surface area contributed by atoms with Crippen LogP contribution in [0.4, 0.5) is 5.69 Å². The third-order valence-corrected chi connectivity index (χ3v) is 5.64. The SMILES string of the molecule is Cc1cccc(NC(=O)CSc2nc3c(c(=O)n2C)SCC3)c1. The van der Waals surface area contributed by atoms with Gasteiger partial charge in [0.1, 0.15) is 0 Å². The fourth-order valence-electron chi connectivity index (χ4n) is 2.35. The molecule has 5 nitrogen and oxygen atoms in total. The van der Waals surface area contributed by atoms with Crippen LogP contribution in [0.5, 0.6) is 0 Å². The number of anilines is 1. The molecule has 3 rings (SSSR count). The number of hydrogen-bond donors (Lipinski definition) is 1. The molecule has 1 aromatic carbocycles. The normalized spacial score (nSPS) is 13.0. The molecule has 1 amide bonds. The van der Waals surface area contributed by atoms with Crippen LogP contribution in [-0.2, 0) is 18.3 Å². The molecular weight excluding hydrogens is 330 g/mol. The summed E-state index contributed by atoms with van der Waals surface area (Å²) in [5, 5.41) is 3.45. The number of carbonyl (C=O) groups excluding carboxylic acids is 1. The van der Waals surface area contributed by atoms with E-state index < -0.39 is 0 Å². The number of aromatic nitrogens is 2. The Kier molecular flexibility index (Phi) is 4.77. The van der Waals surface area contributed by atoms with Crippen molar-refractivity contribution in [3.8, 4) is 0 Å². The first kappa shape index (κ1) is 16.1. The summed E-state index contributed by atoms with van der Waals surface area (Å²) in [6.45, 7) is 1.98. The third-order valence-electron chi connectivity index (χ3n) is 3.50. The molecule has 0 fully saturated rings. The number of carbonyl (C=O) groups is 1. The summed E-state index contributed by atoms with van der Waals surface area (Å²) in [5.41, 5.74) is 2.72. The number of amides is 1. The maximum absolute atomic E-state index is 12.2. The molecule has 2 aromatic rings. The molecule has 0 aliphatic carbocycles. The molecule has 0 saturated carbocycles. The van der Waals surface area contributed by atoms with Crippen LogP contribution in [0.15, 0.2) is 39.1 Å². The fraction of sp³-hybridized carbons (Fsp3) is 0.312. The van der Waals surface area contributed by atoms with Gasteiger partial charge in [-0.25, -0.2) is 4.98 Å². The van der Waals surface area contributed by atoms with Gasteiger partial charge in [-0.3, -0.25) is 14.2 Å². The van der Waals surface area contributed by atoms with Gasteiger partial charge in [-0.15, -0.1) is 11.8 Å². The first-order chi connectivity index (χ1) is 11.0. The Morgan fingerprint density at radius 3 is 3.09 bits per heavy atom. The zero-order valence-corrected chi connectivity index (χ0v) is 14.6. The van der Waals surface area contributed by atoms with E-state index in [1.807, 2.05) is 31.2 Å². The summed E-state index contributed by atoms with van der Waals surface area (Å²) in [4.78, 5) is 29.6. The van der Waals surface area contributed by atoms with Crippen LogP contribution >= 0.6 is 23.5 Å². The lowest BCUT2D eigenvalue weighted by Crippen LogP contribution is -2.23. The third kappa shape index (κ3) is 3.61. The van der Waals surface area contributed by atoms with Crippen molar-refractivity contribution in [3.05, 3.63) is 45.9 Å². The molecule has 0 radical (unpaired) electrons. The lowest BCUT2D eigenvalue weighted by atomic mass is 10.2. The second-order valence-electron chi connectivity index (χ2n) is 5.34. The van der Waals surface area contributed by atoms with Crippen LogP contribution < -0.4 is 10.9 Å². The van der Waals surface area contributed by atoms with E-state index in [0.29, 0.717) is 5.16 Å². The van der Waals surface area contributed by atoms with Crippen molar-refractivity contribution in [2.75, 3.05) is 16.8 Å². The second-order valence-corrected chi connectivity index (χ2v) is 7.39. The number of fused-ring (bicyclic) bond motifs is 1. The predicted molar refractivity (Wildman–Crippen MR) is 94.4 cm³/mol. The maximum atomic E-state index is 12.2. The quantitative estimate of drug-likeness (QED) is 0.680. The Balaban J connectivity index is 1.68. The molecular formula is C16H17N3O2S2. The van der Waals surface area contributed by atoms with E-state index in [2.05, 4.69) is 10.3 Å². The lowest BCUT2D eigenvalue weighted by Gasteiger charge is -2.09. The number of nitrogens with one attached hydrogen (secondary N) is 1. The predicted octanol–water partition coefficient (Wildman–Crippen LogP) is 2.47. The largest absolute Gasteiger partial charge is 0.325 e.